The van der Waals surface area contributed by atoms with Gasteiger partial charge in [0.25, 0.3) is 0 Å². The van der Waals surface area contributed by atoms with Crippen molar-refractivity contribution in [3.05, 3.63) is 64.4 Å². The van der Waals surface area contributed by atoms with Gasteiger partial charge in [-0.2, -0.15) is 0 Å². The first-order valence-electron chi connectivity index (χ1n) is 8.85. The van der Waals surface area contributed by atoms with Gasteiger partial charge in [-0.25, -0.2) is 0 Å². The molecule has 1 fully saturated rings. The summed E-state index contributed by atoms with van der Waals surface area (Å²) >= 11 is 3.47. The number of benzene rings is 1. The van der Waals surface area contributed by atoms with Gasteiger partial charge >= 0.3 is 0 Å². The lowest BCUT2D eigenvalue weighted by atomic mass is 10.0. The van der Waals surface area contributed by atoms with Crippen molar-refractivity contribution in [2.45, 2.75) is 38.3 Å². The summed E-state index contributed by atoms with van der Waals surface area (Å²) in [6, 6.07) is 14.5. The van der Waals surface area contributed by atoms with Gasteiger partial charge in [-0.3, -0.25) is 14.7 Å². The van der Waals surface area contributed by atoms with E-state index < -0.39 is 0 Å². The number of halogens is 1. The molecule has 1 N–H and O–H groups in total. The van der Waals surface area contributed by atoms with Gasteiger partial charge in [-0.1, -0.05) is 34.1 Å². The Morgan fingerprint density at radius 1 is 1.20 bits per heavy atom. The van der Waals surface area contributed by atoms with Crippen LogP contribution in [0, 0.1) is 0 Å². The molecule has 4 nitrogen and oxygen atoms in total. The van der Waals surface area contributed by atoms with Crippen molar-refractivity contribution in [1.29, 1.82) is 0 Å². The number of nitrogens with zero attached hydrogens (tertiary/aromatic N) is 2. The molecule has 1 aromatic heterocycles. The quantitative estimate of drug-likeness (QED) is 0.804. The molecule has 0 atom stereocenters. The predicted molar refractivity (Wildman–Crippen MR) is 103 cm³/mol. The summed E-state index contributed by atoms with van der Waals surface area (Å²) in [5.41, 5.74) is 2.30. The van der Waals surface area contributed by atoms with Gasteiger partial charge in [-0.05, 0) is 49.1 Å². The second-order valence-electron chi connectivity index (χ2n) is 6.57. The average Bonchev–Trinajstić information content (AvgIpc) is 2.63. The van der Waals surface area contributed by atoms with Gasteiger partial charge in [0.15, 0.2) is 0 Å². The highest BCUT2D eigenvalue weighted by molar-refractivity contribution is 9.10. The van der Waals surface area contributed by atoms with Crippen molar-refractivity contribution in [2.24, 2.45) is 0 Å². The molecule has 3 rings (SSSR count). The molecule has 1 aliphatic heterocycles. The molecule has 1 saturated heterocycles. The van der Waals surface area contributed by atoms with Crippen LogP contribution in [0.3, 0.4) is 0 Å². The van der Waals surface area contributed by atoms with E-state index in [1.165, 1.54) is 5.56 Å². The Labute approximate surface area is 157 Å². The average molecular weight is 402 g/mol. The standard InChI is InChI=1S/C20H24BrN3O/c21-17-5-3-4-16(14-17)7-8-20(25)23-18-9-12-24(13-10-18)15-19-6-1-2-11-22-19/h1-6,11,14,18H,7-10,12-13,15H2,(H,23,25). The van der Waals surface area contributed by atoms with Crippen LogP contribution in [-0.4, -0.2) is 34.9 Å². The van der Waals surface area contributed by atoms with Crippen LogP contribution in [0.4, 0.5) is 0 Å². The van der Waals surface area contributed by atoms with Crippen LogP contribution in [0.5, 0.6) is 0 Å². The molecule has 5 heteroatoms. The number of nitrogens with one attached hydrogen (secondary N) is 1. The minimum absolute atomic E-state index is 0.156. The number of aryl methyl sites for hydroxylation is 1. The Hall–Kier alpha value is -1.72. The molecule has 0 aliphatic carbocycles. The van der Waals surface area contributed by atoms with E-state index in [0.717, 1.165) is 49.1 Å². The Bertz CT molecular complexity index is 684. The summed E-state index contributed by atoms with van der Waals surface area (Å²) in [5, 5.41) is 3.20. The van der Waals surface area contributed by atoms with E-state index in [9.17, 15) is 4.79 Å². The summed E-state index contributed by atoms with van der Waals surface area (Å²) in [6.45, 7) is 2.91. The zero-order valence-electron chi connectivity index (χ0n) is 14.3. The summed E-state index contributed by atoms with van der Waals surface area (Å²) in [7, 11) is 0. The summed E-state index contributed by atoms with van der Waals surface area (Å²) < 4.78 is 1.06. The number of hydrogen-bond acceptors (Lipinski definition) is 3. The number of carbonyl (C=O) groups excluding carboxylic acids is 1. The second-order valence-corrected chi connectivity index (χ2v) is 7.48. The van der Waals surface area contributed by atoms with Gasteiger partial charge in [-0.15, -0.1) is 0 Å². The van der Waals surface area contributed by atoms with Crippen molar-refractivity contribution in [2.75, 3.05) is 13.1 Å². The van der Waals surface area contributed by atoms with Gasteiger partial charge in [0, 0.05) is 42.8 Å². The summed E-state index contributed by atoms with van der Waals surface area (Å²) in [5.74, 6) is 0.156. The fraction of sp³-hybridized carbons (Fsp3) is 0.400. The number of hydrogen-bond donors (Lipinski definition) is 1. The summed E-state index contributed by atoms with van der Waals surface area (Å²) in [4.78, 5) is 19.0. The van der Waals surface area contributed by atoms with E-state index in [-0.39, 0.29) is 5.91 Å². The monoisotopic (exact) mass is 401 g/mol. The van der Waals surface area contributed by atoms with Crippen LogP contribution in [0.25, 0.3) is 0 Å². The normalized spacial score (nSPS) is 15.9. The van der Waals surface area contributed by atoms with Crippen molar-refractivity contribution in [3.63, 3.8) is 0 Å². The zero-order valence-corrected chi connectivity index (χ0v) is 15.9. The Morgan fingerprint density at radius 3 is 2.76 bits per heavy atom. The molecule has 0 saturated carbocycles. The lowest BCUT2D eigenvalue weighted by molar-refractivity contribution is -0.122. The first-order chi connectivity index (χ1) is 12.2. The van der Waals surface area contributed by atoms with Crippen LogP contribution >= 0.6 is 15.9 Å². The zero-order chi connectivity index (χ0) is 17.5. The van der Waals surface area contributed by atoms with E-state index >= 15 is 0 Å². The fourth-order valence-electron chi connectivity index (χ4n) is 3.21. The smallest absolute Gasteiger partial charge is 0.220 e. The highest BCUT2D eigenvalue weighted by Gasteiger charge is 2.20. The third kappa shape index (κ3) is 5.94. The predicted octanol–water partition coefficient (Wildman–Crippen LogP) is 3.56. The van der Waals surface area contributed by atoms with Gasteiger partial charge < -0.3 is 5.32 Å². The van der Waals surface area contributed by atoms with Crippen molar-refractivity contribution in [3.8, 4) is 0 Å². The third-order valence-electron chi connectivity index (χ3n) is 4.59. The second kappa shape index (κ2) is 9.11. The van der Waals surface area contributed by atoms with E-state index in [1.807, 2.05) is 30.5 Å². The summed E-state index contributed by atoms with van der Waals surface area (Å²) in [6.07, 6.45) is 5.19. The molecule has 25 heavy (non-hydrogen) atoms. The fourth-order valence-corrected chi connectivity index (χ4v) is 3.65. The van der Waals surface area contributed by atoms with E-state index in [1.54, 1.807) is 0 Å². The number of likely N-dealkylation sites (tertiary alicyclic amines) is 1. The SMILES string of the molecule is O=C(CCc1cccc(Br)c1)NC1CCN(Cc2ccccn2)CC1. The molecular weight excluding hydrogens is 378 g/mol. The molecule has 0 spiro atoms. The molecule has 1 aromatic carbocycles. The minimum atomic E-state index is 0.156. The van der Waals surface area contributed by atoms with Crippen LogP contribution in [-0.2, 0) is 17.8 Å². The van der Waals surface area contributed by atoms with Crippen molar-refractivity contribution in [1.82, 2.24) is 15.2 Å². The molecular formula is C20H24BrN3O. The number of pyridine rings is 1. The van der Waals surface area contributed by atoms with Crippen LogP contribution < -0.4 is 5.32 Å². The molecule has 132 valence electrons. The Balaban J connectivity index is 1.37. The maximum absolute atomic E-state index is 12.2. The number of carbonyl (C=O) groups is 1. The lowest BCUT2D eigenvalue weighted by Gasteiger charge is -2.32. The third-order valence-corrected chi connectivity index (χ3v) is 5.09. The first kappa shape index (κ1) is 18.1. The van der Waals surface area contributed by atoms with E-state index in [4.69, 9.17) is 0 Å². The maximum Gasteiger partial charge on any atom is 0.220 e. The Kier molecular flexibility index (Phi) is 6.59. The molecule has 0 unspecified atom stereocenters. The van der Waals surface area contributed by atoms with Gasteiger partial charge in [0.2, 0.25) is 5.91 Å². The largest absolute Gasteiger partial charge is 0.353 e. The van der Waals surface area contributed by atoms with Gasteiger partial charge in [0.05, 0.1) is 5.69 Å². The lowest BCUT2D eigenvalue weighted by Crippen LogP contribution is -2.44. The van der Waals surface area contributed by atoms with Crippen LogP contribution in [0.15, 0.2) is 53.1 Å². The molecule has 1 amide bonds. The molecule has 2 heterocycles. The van der Waals surface area contributed by atoms with Crippen LogP contribution in [0.1, 0.15) is 30.5 Å². The highest BCUT2D eigenvalue weighted by atomic mass is 79.9. The first-order valence-corrected chi connectivity index (χ1v) is 9.64. The highest BCUT2D eigenvalue weighted by Crippen LogP contribution is 2.15. The molecule has 0 radical (unpaired) electrons. The number of rotatable bonds is 6. The molecule has 1 aliphatic rings. The van der Waals surface area contributed by atoms with E-state index in [0.29, 0.717) is 12.5 Å². The number of aromatic nitrogens is 1. The topological polar surface area (TPSA) is 45.2 Å². The number of amides is 1. The minimum Gasteiger partial charge on any atom is -0.353 e. The Morgan fingerprint density at radius 2 is 2.04 bits per heavy atom. The van der Waals surface area contributed by atoms with Crippen molar-refractivity contribution >= 4 is 21.8 Å². The van der Waals surface area contributed by atoms with Crippen LogP contribution in [0.2, 0.25) is 0 Å². The molecule has 0 bridgehead atoms. The maximum atomic E-state index is 12.2. The van der Waals surface area contributed by atoms with Gasteiger partial charge in [0.1, 0.15) is 0 Å². The van der Waals surface area contributed by atoms with Crippen molar-refractivity contribution < 1.29 is 4.79 Å². The van der Waals surface area contributed by atoms with E-state index in [2.05, 4.69) is 49.3 Å². The molecule has 2 aromatic rings. The number of piperidine rings is 1.